The van der Waals surface area contributed by atoms with E-state index in [1.54, 1.807) is 29.2 Å². The van der Waals surface area contributed by atoms with Gasteiger partial charge in [0, 0.05) is 48.6 Å². The molecule has 0 aliphatic carbocycles. The summed E-state index contributed by atoms with van der Waals surface area (Å²) in [5.74, 6) is 0.722. The van der Waals surface area contributed by atoms with Gasteiger partial charge in [-0.1, -0.05) is 12.1 Å². The van der Waals surface area contributed by atoms with Crippen LogP contribution in [0.5, 0.6) is 0 Å². The largest absolute Gasteiger partial charge is 0.415 e. The van der Waals surface area contributed by atoms with Crippen LogP contribution in [-0.4, -0.2) is 44.0 Å². The highest BCUT2D eigenvalue weighted by Crippen LogP contribution is 2.27. The van der Waals surface area contributed by atoms with Gasteiger partial charge in [0.15, 0.2) is 0 Å². The van der Waals surface area contributed by atoms with E-state index in [1.165, 1.54) is 11.6 Å². The highest BCUT2D eigenvalue weighted by Gasteiger charge is 2.17. The predicted molar refractivity (Wildman–Crippen MR) is 132 cm³/mol. The lowest BCUT2D eigenvalue weighted by atomic mass is 10.0. The third-order valence-electron chi connectivity index (χ3n) is 6.11. The molecule has 1 aromatic carbocycles. The molecule has 5 rings (SSSR count). The fraction of sp³-hybridized carbons (Fsp3) is 0.346. The Hall–Kier alpha value is -3.69. The van der Waals surface area contributed by atoms with E-state index in [-0.39, 0.29) is 17.5 Å². The van der Waals surface area contributed by atoms with Crippen molar-refractivity contribution in [2.24, 2.45) is 0 Å². The topological polar surface area (TPSA) is 108 Å². The number of hydrogen-bond acceptors (Lipinski definition) is 8. The van der Waals surface area contributed by atoms with Crippen molar-refractivity contribution in [2.75, 3.05) is 13.2 Å². The minimum Gasteiger partial charge on any atom is -0.415 e. The first-order valence-electron chi connectivity index (χ1n) is 11.8. The predicted octanol–water partition coefficient (Wildman–Crippen LogP) is 3.79. The Kier molecular flexibility index (Phi) is 6.52. The van der Waals surface area contributed by atoms with Gasteiger partial charge in [-0.05, 0) is 50.5 Å². The number of rotatable bonds is 7. The quantitative estimate of drug-likeness (QED) is 0.433. The zero-order valence-electron chi connectivity index (χ0n) is 20.1. The van der Waals surface area contributed by atoms with E-state index in [9.17, 15) is 4.79 Å². The molecule has 4 heterocycles. The molecule has 4 aromatic rings. The monoisotopic (exact) mass is 472 g/mol. The van der Waals surface area contributed by atoms with E-state index in [4.69, 9.17) is 9.15 Å². The van der Waals surface area contributed by atoms with Crippen molar-refractivity contribution in [2.45, 2.75) is 45.8 Å². The standard InChI is InChI=1S/C26H28N6O3/c1-16(2)32-14-19(5-7-24(32)33)22-12-27-13-23(29-22)26-31-30-25(35-26)21-6-4-18(10-17(21)3)11-28-20-8-9-34-15-20/h4-7,10,12-14,16,20,28H,8-9,11,15H2,1-3H3/t20-/m1/s1. The number of benzene rings is 1. The molecule has 0 radical (unpaired) electrons. The van der Waals surface area contributed by atoms with Crippen LogP contribution in [0.3, 0.4) is 0 Å². The SMILES string of the molecule is Cc1cc(CN[C@@H]2CCOC2)ccc1-c1nnc(-c2cncc(-c3ccc(=O)n(C(C)C)c3)n2)o1. The van der Waals surface area contributed by atoms with Gasteiger partial charge in [-0.25, -0.2) is 4.98 Å². The van der Waals surface area contributed by atoms with Crippen LogP contribution in [-0.2, 0) is 11.3 Å². The third-order valence-corrected chi connectivity index (χ3v) is 6.11. The van der Waals surface area contributed by atoms with Crippen molar-refractivity contribution in [1.29, 1.82) is 0 Å². The first kappa shape index (κ1) is 23.1. The molecule has 1 fully saturated rings. The molecular formula is C26H28N6O3. The third kappa shape index (κ3) is 5.06. The van der Waals surface area contributed by atoms with Crippen molar-refractivity contribution < 1.29 is 9.15 Å². The van der Waals surface area contributed by atoms with E-state index in [0.29, 0.717) is 23.3 Å². The average Bonchev–Trinajstić information content (AvgIpc) is 3.56. The van der Waals surface area contributed by atoms with Crippen molar-refractivity contribution in [3.05, 3.63) is 70.4 Å². The molecule has 35 heavy (non-hydrogen) atoms. The number of nitrogens with zero attached hydrogens (tertiary/aromatic N) is 5. The van der Waals surface area contributed by atoms with Gasteiger partial charge in [0.1, 0.15) is 5.69 Å². The molecule has 9 heteroatoms. The van der Waals surface area contributed by atoms with Gasteiger partial charge in [-0.15, -0.1) is 10.2 Å². The van der Waals surface area contributed by atoms with Crippen LogP contribution < -0.4 is 10.9 Å². The van der Waals surface area contributed by atoms with Crippen LogP contribution in [0.25, 0.3) is 34.3 Å². The second kappa shape index (κ2) is 9.89. The average molecular weight is 473 g/mol. The molecule has 0 unspecified atom stereocenters. The van der Waals surface area contributed by atoms with E-state index >= 15 is 0 Å². The lowest BCUT2D eigenvalue weighted by Crippen LogP contribution is -2.28. The van der Waals surface area contributed by atoms with Crippen molar-refractivity contribution in [3.8, 4) is 34.3 Å². The molecule has 9 nitrogen and oxygen atoms in total. The fourth-order valence-electron chi connectivity index (χ4n) is 4.14. The zero-order valence-corrected chi connectivity index (χ0v) is 20.1. The normalized spacial score (nSPS) is 15.7. The zero-order chi connectivity index (χ0) is 24.4. The van der Waals surface area contributed by atoms with E-state index in [0.717, 1.165) is 42.9 Å². The fourth-order valence-corrected chi connectivity index (χ4v) is 4.14. The summed E-state index contributed by atoms with van der Waals surface area (Å²) < 4.78 is 13.1. The highest BCUT2D eigenvalue weighted by molar-refractivity contribution is 5.62. The molecule has 1 aliphatic rings. The molecule has 1 saturated heterocycles. The van der Waals surface area contributed by atoms with Gasteiger partial charge >= 0.3 is 0 Å². The molecule has 1 aliphatic heterocycles. The summed E-state index contributed by atoms with van der Waals surface area (Å²) in [4.78, 5) is 21.1. The molecule has 0 spiro atoms. The summed E-state index contributed by atoms with van der Waals surface area (Å²) in [6.07, 6.45) is 6.08. The van der Waals surface area contributed by atoms with Gasteiger partial charge in [0.2, 0.25) is 5.89 Å². The number of pyridine rings is 1. The Labute approximate surface area is 203 Å². The molecule has 180 valence electrons. The molecular weight excluding hydrogens is 444 g/mol. The summed E-state index contributed by atoms with van der Waals surface area (Å²) >= 11 is 0. The first-order valence-corrected chi connectivity index (χ1v) is 11.8. The molecule has 0 bridgehead atoms. The van der Waals surface area contributed by atoms with Gasteiger partial charge in [-0.3, -0.25) is 9.78 Å². The van der Waals surface area contributed by atoms with Gasteiger partial charge in [0.05, 0.1) is 24.7 Å². The Morgan fingerprint density at radius 3 is 2.71 bits per heavy atom. The maximum absolute atomic E-state index is 12.1. The number of aromatic nitrogens is 5. The lowest BCUT2D eigenvalue weighted by Gasteiger charge is -2.11. The second-order valence-corrected chi connectivity index (χ2v) is 9.05. The van der Waals surface area contributed by atoms with Crippen LogP contribution in [0.2, 0.25) is 0 Å². The maximum atomic E-state index is 12.1. The molecule has 1 atom stereocenters. The van der Waals surface area contributed by atoms with Gasteiger partial charge < -0.3 is 19.0 Å². The van der Waals surface area contributed by atoms with Crippen molar-refractivity contribution >= 4 is 0 Å². The molecule has 0 amide bonds. The Morgan fingerprint density at radius 1 is 1.11 bits per heavy atom. The Morgan fingerprint density at radius 2 is 1.94 bits per heavy atom. The number of aryl methyl sites for hydroxylation is 1. The minimum absolute atomic E-state index is 0.0409. The second-order valence-electron chi connectivity index (χ2n) is 9.05. The van der Waals surface area contributed by atoms with Crippen LogP contribution in [0.1, 0.15) is 37.4 Å². The van der Waals surface area contributed by atoms with Crippen LogP contribution in [0.4, 0.5) is 0 Å². The molecule has 3 aromatic heterocycles. The molecule has 0 saturated carbocycles. The smallest absolute Gasteiger partial charge is 0.268 e. The summed E-state index contributed by atoms with van der Waals surface area (Å²) in [5, 5.41) is 12.0. The summed E-state index contributed by atoms with van der Waals surface area (Å²) in [7, 11) is 0. The van der Waals surface area contributed by atoms with Crippen LogP contribution in [0.15, 0.2) is 58.1 Å². The Bertz CT molecular complexity index is 1390. The number of hydrogen-bond donors (Lipinski definition) is 1. The van der Waals surface area contributed by atoms with Gasteiger partial charge in [-0.2, -0.15) is 0 Å². The van der Waals surface area contributed by atoms with Gasteiger partial charge in [0.25, 0.3) is 11.4 Å². The van der Waals surface area contributed by atoms with Crippen LogP contribution >= 0.6 is 0 Å². The van der Waals surface area contributed by atoms with E-state index in [1.807, 2.05) is 26.8 Å². The number of ether oxygens (including phenoxy) is 1. The molecule has 1 N–H and O–H groups in total. The number of nitrogens with one attached hydrogen (secondary N) is 1. The summed E-state index contributed by atoms with van der Waals surface area (Å²) in [6, 6.07) is 9.95. The Balaban J connectivity index is 1.36. The highest BCUT2D eigenvalue weighted by atomic mass is 16.5. The first-order chi connectivity index (χ1) is 17.0. The van der Waals surface area contributed by atoms with Crippen molar-refractivity contribution in [3.63, 3.8) is 0 Å². The maximum Gasteiger partial charge on any atom is 0.268 e. The van der Waals surface area contributed by atoms with Crippen molar-refractivity contribution in [1.82, 2.24) is 30.0 Å². The lowest BCUT2D eigenvalue weighted by molar-refractivity contribution is 0.190. The van der Waals surface area contributed by atoms with E-state index < -0.39 is 0 Å². The summed E-state index contributed by atoms with van der Waals surface area (Å²) in [5.41, 5.74) is 4.95. The minimum atomic E-state index is -0.0564. The van der Waals surface area contributed by atoms with Crippen LogP contribution in [0, 0.1) is 6.92 Å². The van der Waals surface area contributed by atoms with E-state index in [2.05, 4.69) is 37.6 Å². The summed E-state index contributed by atoms with van der Waals surface area (Å²) in [6.45, 7) is 8.34.